The molecule has 0 aliphatic rings. The Bertz CT molecular complexity index is 469. The molecule has 2 aromatic heterocycles. The summed E-state index contributed by atoms with van der Waals surface area (Å²) in [7, 11) is 0. The van der Waals surface area contributed by atoms with Crippen molar-refractivity contribution >= 4 is 33.7 Å². The van der Waals surface area contributed by atoms with Crippen LogP contribution in [0.1, 0.15) is 16.1 Å². The first-order chi connectivity index (χ1) is 7.65. The number of hydrogen-bond donors (Lipinski definition) is 1. The van der Waals surface area contributed by atoms with Crippen molar-refractivity contribution in [2.75, 3.05) is 5.32 Å². The molecule has 0 fully saturated rings. The van der Waals surface area contributed by atoms with Crippen molar-refractivity contribution in [1.29, 1.82) is 0 Å². The molecule has 0 spiro atoms. The van der Waals surface area contributed by atoms with Crippen molar-refractivity contribution in [1.82, 2.24) is 4.98 Å². The van der Waals surface area contributed by atoms with E-state index in [-0.39, 0.29) is 5.91 Å². The number of rotatable bonds is 3. The summed E-state index contributed by atoms with van der Waals surface area (Å²) in [6.07, 6.45) is 0.418. The lowest BCUT2D eigenvalue weighted by Gasteiger charge is -1.99. The van der Waals surface area contributed by atoms with E-state index < -0.39 is 0 Å². The van der Waals surface area contributed by atoms with Gasteiger partial charge in [-0.1, -0.05) is 0 Å². The molecule has 0 saturated heterocycles. The number of carbonyl (C=O) groups excluding carboxylic acids is 1. The summed E-state index contributed by atoms with van der Waals surface area (Å²) < 4.78 is 0. The van der Waals surface area contributed by atoms with E-state index in [9.17, 15) is 4.79 Å². The number of amides is 1. The molecule has 0 aliphatic carbocycles. The van der Waals surface area contributed by atoms with Crippen LogP contribution in [0, 0.1) is 13.8 Å². The highest BCUT2D eigenvalue weighted by Gasteiger charge is 2.08. The summed E-state index contributed by atoms with van der Waals surface area (Å²) in [6, 6.07) is 1.96. The molecule has 0 saturated carbocycles. The van der Waals surface area contributed by atoms with Crippen LogP contribution in [0.4, 0.5) is 5.13 Å². The lowest BCUT2D eigenvalue weighted by Crippen LogP contribution is -2.13. The Balaban J connectivity index is 1.97. The smallest absolute Gasteiger partial charge is 0.230 e. The second kappa shape index (κ2) is 4.76. The van der Waals surface area contributed by atoms with Gasteiger partial charge in [0.1, 0.15) is 0 Å². The molecule has 0 unspecified atom stereocenters. The van der Waals surface area contributed by atoms with Crippen LogP contribution in [-0.4, -0.2) is 10.9 Å². The summed E-state index contributed by atoms with van der Waals surface area (Å²) in [6.45, 7) is 3.95. The first-order valence-electron chi connectivity index (χ1n) is 4.90. The van der Waals surface area contributed by atoms with Crippen LogP contribution in [0.15, 0.2) is 16.8 Å². The van der Waals surface area contributed by atoms with Crippen LogP contribution in [0.3, 0.4) is 0 Å². The maximum Gasteiger partial charge on any atom is 0.230 e. The number of nitrogens with zero attached hydrogens (tertiary/aromatic N) is 1. The number of thiazole rings is 1. The van der Waals surface area contributed by atoms with Gasteiger partial charge in [-0.3, -0.25) is 4.79 Å². The van der Waals surface area contributed by atoms with Gasteiger partial charge in [0.05, 0.1) is 12.1 Å². The average molecular weight is 252 g/mol. The normalized spacial score (nSPS) is 10.4. The average Bonchev–Trinajstić information content (AvgIpc) is 2.78. The standard InChI is InChI=1S/C11H12N2OS2/c1-7-8(2)16-11(12-7)13-10(14)5-9-3-4-15-6-9/h3-4,6H,5H2,1-2H3,(H,12,13,14). The van der Waals surface area contributed by atoms with Gasteiger partial charge in [-0.2, -0.15) is 11.3 Å². The molecular formula is C11H12N2OS2. The molecule has 16 heavy (non-hydrogen) atoms. The van der Waals surface area contributed by atoms with Crippen LogP contribution < -0.4 is 5.32 Å². The van der Waals surface area contributed by atoms with E-state index in [1.165, 1.54) is 11.3 Å². The fourth-order valence-corrected chi connectivity index (χ4v) is 2.77. The van der Waals surface area contributed by atoms with Crippen molar-refractivity contribution in [2.45, 2.75) is 20.3 Å². The summed E-state index contributed by atoms with van der Waals surface area (Å²) in [5.41, 5.74) is 2.03. The van der Waals surface area contributed by atoms with Crippen molar-refractivity contribution in [3.8, 4) is 0 Å². The van der Waals surface area contributed by atoms with Crippen molar-refractivity contribution < 1.29 is 4.79 Å². The van der Waals surface area contributed by atoms with Crippen LogP contribution in [-0.2, 0) is 11.2 Å². The van der Waals surface area contributed by atoms with Gasteiger partial charge < -0.3 is 5.32 Å². The minimum Gasteiger partial charge on any atom is -0.302 e. The van der Waals surface area contributed by atoms with E-state index in [0.717, 1.165) is 16.1 Å². The third-order valence-corrected chi connectivity index (χ3v) is 3.94. The maximum absolute atomic E-state index is 11.7. The Morgan fingerprint density at radius 3 is 2.88 bits per heavy atom. The Labute approximate surface area is 102 Å². The molecule has 3 nitrogen and oxygen atoms in total. The largest absolute Gasteiger partial charge is 0.302 e. The fourth-order valence-electron chi connectivity index (χ4n) is 1.27. The molecule has 5 heteroatoms. The zero-order valence-corrected chi connectivity index (χ0v) is 10.7. The van der Waals surface area contributed by atoms with Crippen LogP contribution >= 0.6 is 22.7 Å². The Morgan fingerprint density at radius 2 is 2.31 bits per heavy atom. The molecule has 0 aromatic carbocycles. The Kier molecular flexibility index (Phi) is 3.36. The second-order valence-corrected chi connectivity index (χ2v) is 5.50. The molecule has 1 N–H and O–H groups in total. The van der Waals surface area contributed by atoms with Gasteiger partial charge in [0.2, 0.25) is 5.91 Å². The summed E-state index contributed by atoms with van der Waals surface area (Å²) in [5, 5.41) is 7.46. The van der Waals surface area contributed by atoms with Gasteiger partial charge in [-0.25, -0.2) is 4.98 Å². The van der Waals surface area contributed by atoms with Crippen molar-refractivity contribution in [3.05, 3.63) is 33.0 Å². The number of anilines is 1. The zero-order chi connectivity index (χ0) is 11.5. The first kappa shape index (κ1) is 11.3. The minimum absolute atomic E-state index is 0.00727. The van der Waals surface area contributed by atoms with E-state index in [0.29, 0.717) is 11.6 Å². The van der Waals surface area contributed by atoms with E-state index in [1.54, 1.807) is 11.3 Å². The predicted molar refractivity (Wildman–Crippen MR) is 68.2 cm³/mol. The van der Waals surface area contributed by atoms with Gasteiger partial charge in [-0.05, 0) is 36.2 Å². The Morgan fingerprint density at radius 1 is 1.50 bits per heavy atom. The number of thiophene rings is 1. The zero-order valence-electron chi connectivity index (χ0n) is 9.11. The summed E-state index contributed by atoms with van der Waals surface area (Å²) in [5.74, 6) is -0.00727. The van der Waals surface area contributed by atoms with Gasteiger partial charge in [-0.15, -0.1) is 11.3 Å². The molecule has 2 rings (SSSR count). The quantitative estimate of drug-likeness (QED) is 0.912. The van der Waals surface area contributed by atoms with E-state index in [2.05, 4.69) is 10.3 Å². The third kappa shape index (κ3) is 2.68. The van der Waals surface area contributed by atoms with Crippen molar-refractivity contribution in [2.24, 2.45) is 0 Å². The summed E-state index contributed by atoms with van der Waals surface area (Å²) >= 11 is 3.12. The molecular weight excluding hydrogens is 240 g/mol. The number of nitrogens with one attached hydrogen (secondary N) is 1. The highest BCUT2D eigenvalue weighted by molar-refractivity contribution is 7.15. The number of hydrogen-bond acceptors (Lipinski definition) is 4. The lowest BCUT2D eigenvalue weighted by molar-refractivity contribution is -0.115. The van der Waals surface area contributed by atoms with Crippen molar-refractivity contribution in [3.63, 3.8) is 0 Å². The third-order valence-electron chi connectivity index (χ3n) is 2.22. The molecule has 1 amide bonds. The number of carbonyl (C=O) groups is 1. The van der Waals surface area contributed by atoms with Gasteiger partial charge in [0.15, 0.2) is 5.13 Å². The van der Waals surface area contributed by atoms with E-state index in [1.807, 2.05) is 30.7 Å². The number of aromatic nitrogens is 1. The lowest BCUT2D eigenvalue weighted by atomic mass is 10.2. The highest BCUT2D eigenvalue weighted by atomic mass is 32.1. The molecule has 0 aliphatic heterocycles. The fraction of sp³-hybridized carbons (Fsp3) is 0.273. The molecule has 0 bridgehead atoms. The molecule has 2 aromatic rings. The molecule has 84 valence electrons. The minimum atomic E-state index is -0.00727. The molecule has 0 radical (unpaired) electrons. The van der Waals surface area contributed by atoms with Crippen LogP contribution in [0.25, 0.3) is 0 Å². The topological polar surface area (TPSA) is 42.0 Å². The summed E-state index contributed by atoms with van der Waals surface area (Å²) in [4.78, 5) is 17.1. The van der Waals surface area contributed by atoms with Crippen LogP contribution in [0.2, 0.25) is 0 Å². The molecule has 0 atom stereocenters. The first-order valence-corrected chi connectivity index (χ1v) is 6.66. The van der Waals surface area contributed by atoms with Gasteiger partial charge in [0, 0.05) is 4.88 Å². The molecule has 2 heterocycles. The maximum atomic E-state index is 11.7. The van der Waals surface area contributed by atoms with E-state index >= 15 is 0 Å². The Hall–Kier alpha value is -1.20. The highest BCUT2D eigenvalue weighted by Crippen LogP contribution is 2.21. The predicted octanol–water partition coefficient (Wildman–Crippen LogP) is 3.00. The second-order valence-electron chi connectivity index (χ2n) is 3.52. The van der Waals surface area contributed by atoms with Crippen LogP contribution in [0.5, 0.6) is 0 Å². The van der Waals surface area contributed by atoms with E-state index in [4.69, 9.17) is 0 Å². The monoisotopic (exact) mass is 252 g/mol. The SMILES string of the molecule is Cc1nc(NC(=O)Cc2ccsc2)sc1C. The number of aryl methyl sites for hydroxylation is 2. The van der Waals surface area contributed by atoms with Gasteiger partial charge >= 0.3 is 0 Å². The van der Waals surface area contributed by atoms with Gasteiger partial charge in [0.25, 0.3) is 0 Å².